The van der Waals surface area contributed by atoms with Crippen LogP contribution in [-0.4, -0.2) is 46.6 Å². The fourth-order valence-corrected chi connectivity index (χ4v) is 4.88. The zero-order valence-corrected chi connectivity index (χ0v) is 18.6. The van der Waals surface area contributed by atoms with Crippen LogP contribution in [0.3, 0.4) is 0 Å². The van der Waals surface area contributed by atoms with Crippen LogP contribution in [0.5, 0.6) is 0 Å². The zero-order valence-electron chi connectivity index (χ0n) is 17.8. The number of dihydropyridines is 1. The molecule has 0 aliphatic carbocycles. The van der Waals surface area contributed by atoms with Crippen LogP contribution >= 0.6 is 11.3 Å². The third-order valence-corrected chi connectivity index (χ3v) is 6.44. The molecule has 31 heavy (non-hydrogen) atoms. The molecule has 2 aromatic heterocycles. The van der Waals surface area contributed by atoms with E-state index in [-0.39, 0.29) is 12.3 Å². The standard InChI is InChI=1S/C23H28N6OS/c1-14(2)30-21-7-3-6-20(27-21)18-13-25-19-9-8-15(11-17(18)19)22-28-29-23(31-22)26-16-5-4-10-24-12-16/h3,6-9,11,13-14,16,21,24-25,27H,4-5,10,12H2,1-2H3,(H,26,29). The Bertz CT molecular complexity index is 1110. The molecule has 2 unspecified atom stereocenters. The number of nitrogens with one attached hydrogen (secondary N) is 4. The van der Waals surface area contributed by atoms with Gasteiger partial charge in [0.1, 0.15) is 11.2 Å². The molecular formula is C23H28N6OS. The van der Waals surface area contributed by atoms with Crippen molar-refractivity contribution in [3.8, 4) is 10.6 Å². The van der Waals surface area contributed by atoms with Gasteiger partial charge in [-0.25, -0.2) is 0 Å². The Kier molecular flexibility index (Phi) is 5.76. The number of piperidine rings is 1. The lowest BCUT2D eigenvalue weighted by atomic mass is 10.1. The van der Waals surface area contributed by atoms with Gasteiger partial charge in [0.05, 0.1) is 6.10 Å². The number of rotatable bonds is 6. The first kappa shape index (κ1) is 20.2. The smallest absolute Gasteiger partial charge is 0.206 e. The first-order valence-corrected chi connectivity index (χ1v) is 11.7. The first-order valence-electron chi connectivity index (χ1n) is 10.9. The summed E-state index contributed by atoms with van der Waals surface area (Å²) in [5.74, 6) is 0. The summed E-state index contributed by atoms with van der Waals surface area (Å²) in [5.41, 5.74) is 4.33. The molecule has 162 valence electrons. The second kappa shape index (κ2) is 8.82. The molecule has 4 N–H and O–H groups in total. The van der Waals surface area contributed by atoms with Gasteiger partial charge in [0.25, 0.3) is 0 Å². The number of nitrogens with zero attached hydrogens (tertiary/aromatic N) is 2. The summed E-state index contributed by atoms with van der Waals surface area (Å²) in [6, 6.07) is 6.82. The van der Waals surface area contributed by atoms with Gasteiger partial charge in [-0.3, -0.25) is 0 Å². The quantitative estimate of drug-likeness (QED) is 0.465. The van der Waals surface area contributed by atoms with Gasteiger partial charge in [-0.15, -0.1) is 10.2 Å². The monoisotopic (exact) mass is 436 g/mol. The highest BCUT2D eigenvalue weighted by Crippen LogP contribution is 2.32. The van der Waals surface area contributed by atoms with Gasteiger partial charge in [0.15, 0.2) is 0 Å². The number of anilines is 1. The van der Waals surface area contributed by atoms with Gasteiger partial charge in [-0.1, -0.05) is 17.4 Å². The number of hydrogen-bond donors (Lipinski definition) is 4. The Morgan fingerprint density at radius 1 is 1.26 bits per heavy atom. The van der Waals surface area contributed by atoms with E-state index >= 15 is 0 Å². The van der Waals surface area contributed by atoms with E-state index in [1.54, 1.807) is 11.3 Å². The first-order chi connectivity index (χ1) is 15.2. The number of hydrogen-bond acceptors (Lipinski definition) is 7. The topological polar surface area (TPSA) is 86.9 Å². The van der Waals surface area contributed by atoms with Crippen molar-refractivity contribution in [1.82, 2.24) is 25.8 Å². The molecule has 0 radical (unpaired) electrons. The molecule has 2 aliphatic rings. The van der Waals surface area contributed by atoms with Crippen LogP contribution in [0, 0.1) is 0 Å². The number of fused-ring (bicyclic) bond motifs is 1. The number of H-pyrrole nitrogens is 1. The second-order valence-electron chi connectivity index (χ2n) is 8.28. The average Bonchev–Trinajstić information content (AvgIpc) is 3.41. The minimum absolute atomic E-state index is 0.126. The lowest BCUT2D eigenvalue weighted by Crippen LogP contribution is -2.38. The Morgan fingerprint density at radius 3 is 3.03 bits per heavy atom. The van der Waals surface area contributed by atoms with E-state index in [2.05, 4.69) is 55.4 Å². The lowest BCUT2D eigenvalue weighted by molar-refractivity contribution is 0.0255. The average molecular weight is 437 g/mol. The van der Waals surface area contributed by atoms with Crippen LogP contribution in [0.1, 0.15) is 32.3 Å². The number of ether oxygens (including phenoxy) is 1. The van der Waals surface area contributed by atoms with Crippen molar-refractivity contribution in [2.75, 3.05) is 18.4 Å². The molecule has 0 amide bonds. The predicted molar refractivity (Wildman–Crippen MR) is 127 cm³/mol. The highest BCUT2D eigenvalue weighted by atomic mass is 32.1. The van der Waals surface area contributed by atoms with Crippen LogP contribution in [-0.2, 0) is 4.74 Å². The molecule has 2 aliphatic heterocycles. The van der Waals surface area contributed by atoms with Gasteiger partial charge in [-0.2, -0.15) is 0 Å². The Morgan fingerprint density at radius 2 is 2.19 bits per heavy atom. The molecule has 1 saturated heterocycles. The molecule has 1 aromatic carbocycles. The summed E-state index contributed by atoms with van der Waals surface area (Å²) in [4.78, 5) is 3.38. The van der Waals surface area contributed by atoms with Crippen molar-refractivity contribution in [3.05, 3.63) is 48.2 Å². The van der Waals surface area contributed by atoms with E-state index in [4.69, 9.17) is 4.74 Å². The van der Waals surface area contributed by atoms with Gasteiger partial charge in [0, 0.05) is 46.5 Å². The molecule has 0 bridgehead atoms. The molecule has 3 aromatic rings. The Labute approximate surface area is 186 Å². The molecule has 0 spiro atoms. The maximum Gasteiger partial charge on any atom is 0.206 e. The number of benzene rings is 1. The number of aromatic nitrogens is 3. The van der Waals surface area contributed by atoms with Crippen molar-refractivity contribution in [3.63, 3.8) is 0 Å². The van der Waals surface area contributed by atoms with Gasteiger partial charge >= 0.3 is 0 Å². The van der Waals surface area contributed by atoms with Crippen LogP contribution in [0.2, 0.25) is 0 Å². The maximum atomic E-state index is 5.91. The van der Waals surface area contributed by atoms with Crippen LogP contribution < -0.4 is 16.0 Å². The van der Waals surface area contributed by atoms with Crippen LogP contribution in [0.15, 0.2) is 42.6 Å². The molecular weight excluding hydrogens is 408 g/mol. The minimum Gasteiger partial charge on any atom is -0.360 e. The number of allylic oxidation sites excluding steroid dienone is 2. The third kappa shape index (κ3) is 4.51. The highest BCUT2D eigenvalue weighted by Gasteiger charge is 2.18. The van der Waals surface area contributed by atoms with Crippen LogP contribution in [0.4, 0.5) is 5.13 Å². The summed E-state index contributed by atoms with van der Waals surface area (Å²) in [7, 11) is 0. The summed E-state index contributed by atoms with van der Waals surface area (Å²) < 4.78 is 5.91. The van der Waals surface area contributed by atoms with E-state index in [0.29, 0.717) is 6.04 Å². The van der Waals surface area contributed by atoms with Gasteiger partial charge < -0.3 is 25.7 Å². The fourth-order valence-electron chi connectivity index (χ4n) is 4.07. The molecule has 5 rings (SSSR count). The summed E-state index contributed by atoms with van der Waals surface area (Å²) in [6.45, 7) is 6.17. The largest absolute Gasteiger partial charge is 0.360 e. The van der Waals surface area contributed by atoms with E-state index in [1.807, 2.05) is 32.2 Å². The van der Waals surface area contributed by atoms with E-state index in [1.165, 1.54) is 12.8 Å². The van der Waals surface area contributed by atoms with E-state index < -0.39 is 0 Å². The predicted octanol–water partition coefficient (Wildman–Crippen LogP) is 4.10. The normalized spacial score (nSPS) is 21.3. The van der Waals surface area contributed by atoms with Crippen LogP contribution in [0.25, 0.3) is 27.2 Å². The molecule has 4 heterocycles. The SMILES string of the molecule is CC(C)OC1C=CC=C(c2c[nH]c3ccc(-c4nnc(NC5CCCNC5)s4)cc23)N1. The summed E-state index contributed by atoms with van der Waals surface area (Å²) in [6.07, 6.45) is 10.6. The molecule has 8 heteroatoms. The Hall–Kier alpha value is -2.68. The maximum absolute atomic E-state index is 5.91. The third-order valence-electron chi connectivity index (χ3n) is 5.53. The van der Waals surface area contributed by atoms with Crippen molar-refractivity contribution < 1.29 is 4.74 Å². The molecule has 2 atom stereocenters. The second-order valence-corrected chi connectivity index (χ2v) is 9.26. The molecule has 1 fully saturated rings. The van der Waals surface area contributed by atoms with Gasteiger partial charge in [0.2, 0.25) is 5.13 Å². The highest BCUT2D eigenvalue weighted by molar-refractivity contribution is 7.18. The van der Waals surface area contributed by atoms with Gasteiger partial charge in [-0.05, 0) is 63.6 Å². The van der Waals surface area contributed by atoms with E-state index in [9.17, 15) is 0 Å². The zero-order chi connectivity index (χ0) is 21.2. The molecule has 7 nitrogen and oxygen atoms in total. The van der Waals surface area contributed by atoms with Crippen molar-refractivity contribution in [1.29, 1.82) is 0 Å². The minimum atomic E-state index is -0.126. The van der Waals surface area contributed by atoms with E-state index in [0.717, 1.165) is 51.0 Å². The fraction of sp³-hybridized carbons (Fsp3) is 0.391. The number of aromatic amines is 1. The van der Waals surface area contributed by atoms with Crippen molar-refractivity contribution in [2.24, 2.45) is 0 Å². The van der Waals surface area contributed by atoms with Crippen molar-refractivity contribution >= 4 is 33.1 Å². The summed E-state index contributed by atoms with van der Waals surface area (Å²) in [5, 5.41) is 22.2. The lowest BCUT2D eigenvalue weighted by Gasteiger charge is -2.23. The van der Waals surface area contributed by atoms with Crippen molar-refractivity contribution in [2.45, 2.75) is 45.1 Å². The Balaban J connectivity index is 1.38. The molecule has 0 saturated carbocycles. The summed E-state index contributed by atoms with van der Waals surface area (Å²) >= 11 is 1.61.